The van der Waals surface area contributed by atoms with Crippen molar-refractivity contribution in [3.63, 3.8) is 0 Å². The van der Waals surface area contributed by atoms with Gasteiger partial charge in [0.25, 0.3) is 5.91 Å². The Hall–Kier alpha value is -2.93. The van der Waals surface area contributed by atoms with E-state index in [1.54, 1.807) is 35.3 Å². The summed E-state index contributed by atoms with van der Waals surface area (Å²) in [4.78, 5) is 31.5. The van der Waals surface area contributed by atoms with Gasteiger partial charge in [0.1, 0.15) is 5.69 Å². The quantitative estimate of drug-likeness (QED) is 0.592. The number of amides is 2. The zero-order valence-corrected chi connectivity index (χ0v) is 18.8. The Morgan fingerprint density at radius 1 is 1.19 bits per heavy atom. The maximum atomic E-state index is 13.3. The van der Waals surface area contributed by atoms with E-state index in [2.05, 4.69) is 41.7 Å². The molecule has 0 saturated carbocycles. The lowest BCUT2D eigenvalue weighted by Gasteiger charge is -2.24. The van der Waals surface area contributed by atoms with Crippen molar-refractivity contribution < 1.29 is 9.59 Å². The second kappa shape index (κ2) is 9.47. The van der Waals surface area contributed by atoms with Crippen molar-refractivity contribution in [2.75, 3.05) is 26.2 Å². The second-order valence-electron chi connectivity index (χ2n) is 8.00. The Labute approximate surface area is 187 Å². The van der Waals surface area contributed by atoms with Crippen LogP contribution in [0.25, 0.3) is 10.4 Å². The van der Waals surface area contributed by atoms with E-state index >= 15 is 0 Å². The molecule has 3 aromatic rings. The van der Waals surface area contributed by atoms with Crippen molar-refractivity contribution in [2.45, 2.75) is 19.8 Å². The zero-order valence-electron chi connectivity index (χ0n) is 18.0. The molecule has 31 heavy (non-hydrogen) atoms. The average Bonchev–Trinajstić information content (AvgIpc) is 3.43. The zero-order chi connectivity index (χ0) is 21.8. The van der Waals surface area contributed by atoms with Crippen molar-refractivity contribution in [1.29, 1.82) is 0 Å². The SMILES string of the molecule is CCCN1CCN(C(=O)c2ccnn2C)CC(Cc2cccc(-c3cccs3)c2)C1=O. The molecule has 0 aliphatic carbocycles. The summed E-state index contributed by atoms with van der Waals surface area (Å²) in [5.41, 5.74) is 2.84. The van der Waals surface area contributed by atoms with Crippen LogP contribution in [0.5, 0.6) is 0 Å². The predicted molar refractivity (Wildman–Crippen MR) is 123 cm³/mol. The number of aromatic nitrogens is 2. The molecule has 162 valence electrons. The lowest BCUT2D eigenvalue weighted by Crippen LogP contribution is -2.38. The highest BCUT2D eigenvalue weighted by atomic mass is 32.1. The fourth-order valence-electron chi connectivity index (χ4n) is 4.20. The minimum Gasteiger partial charge on any atom is -0.341 e. The molecule has 7 heteroatoms. The van der Waals surface area contributed by atoms with Crippen LogP contribution in [0.1, 0.15) is 29.4 Å². The average molecular weight is 437 g/mol. The molecular weight excluding hydrogens is 408 g/mol. The van der Waals surface area contributed by atoms with Gasteiger partial charge < -0.3 is 9.80 Å². The van der Waals surface area contributed by atoms with Gasteiger partial charge in [0.15, 0.2) is 0 Å². The number of rotatable bonds is 6. The number of hydrogen-bond donors (Lipinski definition) is 0. The normalized spacial score (nSPS) is 17.1. The molecule has 1 aliphatic heterocycles. The van der Waals surface area contributed by atoms with Crippen molar-refractivity contribution in [3.8, 4) is 10.4 Å². The van der Waals surface area contributed by atoms with Crippen molar-refractivity contribution in [3.05, 3.63) is 65.3 Å². The van der Waals surface area contributed by atoms with E-state index in [0.29, 0.717) is 31.7 Å². The smallest absolute Gasteiger partial charge is 0.272 e. The van der Waals surface area contributed by atoms with Gasteiger partial charge in [-0.05, 0) is 41.5 Å². The van der Waals surface area contributed by atoms with Crippen molar-refractivity contribution >= 4 is 23.2 Å². The number of benzene rings is 1. The summed E-state index contributed by atoms with van der Waals surface area (Å²) >= 11 is 1.71. The van der Waals surface area contributed by atoms with Crippen LogP contribution >= 0.6 is 11.3 Å². The maximum absolute atomic E-state index is 13.3. The fourth-order valence-corrected chi connectivity index (χ4v) is 4.92. The molecule has 0 spiro atoms. The van der Waals surface area contributed by atoms with Gasteiger partial charge in [-0.3, -0.25) is 14.3 Å². The molecule has 4 rings (SSSR count). The molecule has 1 aromatic carbocycles. The van der Waals surface area contributed by atoms with E-state index < -0.39 is 0 Å². The first kappa shape index (κ1) is 21.3. The van der Waals surface area contributed by atoms with Crippen LogP contribution in [-0.2, 0) is 18.3 Å². The molecule has 2 aromatic heterocycles. The van der Waals surface area contributed by atoms with Gasteiger partial charge in [-0.2, -0.15) is 5.10 Å². The highest BCUT2D eigenvalue weighted by molar-refractivity contribution is 7.13. The molecule has 2 amide bonds. The molecule has 6 nitrogen and oxygen atoms in total. The molecule has 1 atom stereocenters. The summed E-state index contributed by atoms with van der Waals surface area (Å²) in [5.74, 6) is -0.183. The minimum atomic E-state index is -0.259. The summed E-state index contributed by atoms with van der Waals surface area (Å²) in [7, 11) is 1.77. The Balaban J connectivity index is 1.58. The topological polar surface area (TPSA) is 58.4 Å². The van der Waals surface area contributed by atoms with Crippen LogP contribution in [0.4, 0.5) is 0 Å². The molecular formula is C24H28N4O2S. The molecule has 1 saturated heterocycles. The van der Waals surface area contributed by atoms with Gasteiger partial charge in [-0.1, -0.05) is 37.3 Å². The summed E-state index contributed by atoms with van der Waals surface area (Å²) in [6, 6.07) is 14.3. The molecule has 0 N–H and O–H groups in total. The van der Waals surface area contributed by atoms with E-state index in [4.69, 9.17) is 0 Å². The first-order valence-electron chi connectivity index (χ1n) is 10.8. The number of thiophene rings is 1. The number of hydrogen-bond acceptors (Lipinski definition) is 4. The first-order chi connectivity index (χ1) is 15.1. The Morgan fingerprint density at radius 2 is 2.06 bits per heavy atom. The number of nitrogens with zero attached hydrogens (tertiary/aromatic N) is 4. The molecule has 3 heterocycles. The van der Waals surface area contributed by atoms with Crippen LogP contribution in [0, 0.1) is 5.92 Å². The fraction of sp³-hybridized carbons (Fsp3) is 0.375. The monoisotopic (exact) mass is 436 g/mol. The lowest BCUT2D eigenvalue weighted by atomic mass is 9.96. The van der Waals surface area contributed by atoms with Gasteiger partial charge in [0, 0.05) is 44.3 Å². The van der Waals surface area contributed by atoms with Gasteiger partial charge >= 0.3 is 0 Å². The predicted octanol–water partition coefficient (Wildman–Crippen LogP) is 3.70. The molecule has 1 aliphatic rings. The highest BCUT2D eigenvalue weighted by Gasteiger charge is 2.33. The number of carbonyl (C=O) groups excluding carboxylic acids is 2. The summed E-state index contributed by atoms with van der Waals surface area (Å²) in [5, 5.41) is 6.20. The van der Waals surface area contributed by atoms with E-state index in [9.17, 15) is 9.59 Å². The summed E-state index contributed by atoms with van der Waals surface area (Å²) in [6.45, 7) is 4.34. The van der Waals surface area contributed by atoms with E-state index in [0.717, 1.165) is 18.5 Å². The van der Waals surface area contributed by atoms with E-state index in [-0.39, 0.29) is 17.7 Å². The largest absolute Gasteiger partial charge is 0.341 e. The van der Waals surface area contributed by atoms with Crippen LogP contribution < -0.4 is 0 Å². The van der Waals surface area contributed by atoms with E-state index in [1.807, 2.05) is 21.9 Å². The third-order valence-corrected chi connectivity index (χ3v) is 6.70. The number of carbonyl (C=O) groups is 2. The van der Waals surface area contributed by atoms with Crippen LogP contribution in [0.3, 0.4) is 0 Å². The van der Waals surface area contributed by atoms with Crippen molar-refractivity contribution in [2.24, 2.45) is 13.0 Å². The Bertz CT molecular complexity index is 1040. The molecule has 0 bridgehead atoms. The van der Waals surface area contributed by atoms with Crippen LogP contribution in [0.2, 0.25) is 0 Å². The standard InChI is InChI=1S/C24H28N4O2S/c1-3-11-27-12-13-28(24(30)21-9-10-25-26(21)2)17-20(23(27)29)16-18-6-4-7-19(15-18)22-8-5-14-31-22/h4-10,14-15,20H,3,11-13,16-17H2,1-2H3. The highest BCUT2D eigenvalue weighted by Crippen LogP contribution is 2.27. The first-order valence-corrected chi connectivity index (χ1v) is 11.6. The van der Waals surface area contributed by atoms with Crippen LogP contribution in [-0.4, -0.2) is 57.6 Å². The Kier molecular flexibility index (Phi) is 6.51. The van der Waals surface area contributed by atoms with Crippen molar-refractivity contribution in [1.82, 2.24) is 19.6 Å². The maximum Gasteiger partial charge on any atom is 0.272 e. The van der Waals surface area contributed by atoms with Gasteiger partial charge in [0.2, 0.25) is 5.91 Å². The van der Waals surface area contributed by atoms with Gasteiger partial charge in [-0.25, -0.2) is 0 Å². The molecule has 0 radical (unpaired) electrons. The third-order valence-electron chi connectivity index (χ3n) is 5.78. The Morgan fingerprint density at radius 3 is 2.77 bits per heavy atom. The third kappa shape index (κ3) is 4.71. The summed E-state index contributed by atoms with van der Waals surface area (Å²) < 4.78 is 1.60. The minimum absolute atomic E-state index is 0.0662. The van der Waals surface area contributed by atoms with Crippen LogP contribution in [0.15, 0.2) is 54.0 Å². The van der Waals surface area contributed by atoms with Gasteiger partial charge in [-0.15, -0.1) is 11.3 Å². The second-order valence-corrected chi connectivity index (χ2v) is 8.94. The number of aryl methyl sites for hydroxylation is 1. The lowest BCUT2D eigenvalue weighted by molar-refractivity contribution is -0.134. The van der Waals surface area contributed by atoms with Gasteiger partial charge in [0.05, 0.1) is 5.92 Å². The molecule has 1 unspecified atom stereocenters. The summed E-state index contributed by atoms with van der Waals surface area (Å²) in [6.07, 6.45) is 3.16. The molecule has 1 fully saturated rings. The van der Waals surface area contributed by atoms with E-state index in [1.165, 1.54) is 10.4 Å².